The van der Waals surface area contributed by atoms with Crippen LogP contribution in [-0.4, -0.2) is 47.5 Å². The number of hydrogen-bond acceptors (Lipinski definition) is 4. The van der Waals surface area contributed by atoms with Crippen molar-refractivity contribution in [1.82, 2.24) is 10.2 Å². The van der Waals surface area contributed by atoms with Crippen molar-refractivity contribution < 1.29 is 14.7 Å². The van der Waals surface area contributed by atoms with Gasteiger partial charge in [-0.05, 0) is 25.0 Å². The molecule has 1 aliphatic heterocycles. The minimum atomic E-state index is -0.238. The third-order valence-corrected chi connectivity index (χ3v) is 4.47. The summed E-state index contributed by atoms with van der Waals surface area (Å²) in [4.78, 5) is 25.4. The molecule has 1 saturated heterocycles. The van der Waals surface area contributed by atoms with E-state index >= 15 is 0 Å². The number of piperidine rings is 1. The summed E-state index contributed by atoms with van der Waals surface area (Å²) in [6.45, 7) is 4.58. The minimum absolute atomic E-state index is 0.0303. The van der Waals surface area contributed by atoms with Crippen molar-refractivity contribution in [2.45, 2.75) is 18.9 Å². The Morgan fingerprint density at radius 1 is 1.38 bits per heavy atom. The second-order valence-electron chi connectivity index (χ2n) is 5.53. The van der Waals surface area contributed by atoms with Gasteiger partial charge >= 0.3 is 0 Å². The molecule has 6 nitrogen and oxygen atoms in total. The number of carbonyl (C=O) groups excluding carboxylic acids is 2. The molecule has 130 valence electrons. The van der Waals surface area contributed by atoms with Crippen LogP contribution in [0.2, 0.25) is 10.0 Å². The molecular weight excluding hydrogens is 353 g/mol. The standard InChI is InChI=1S/C16H19Cl2N3O3/c1-2-16(24)21-5-3-4-10(9-21)20-15(23)8-19-13-6-11(17)12(18)7-14(13)22/h2,6-7,10,19,22H,1,3-5,8-9H2,(H,20,23)/t10-/m0/s1. The number of phenols is 1. The molecule has 0 saturated carbocycles. The van der Waals surface area contributed by atoms with Crippen molar-refractivity contribution >= 4 is 40.7 Å². The van der Waals surface area contributed by atoms with E-state index in [1.807, 2.05) is 0 Å². The summed E-state index contributed by atoms with van der Waals surface area (Å²) in [7, 11) is 0. The highest BCUT2D eigenvalue weighted by Gasteiger charge is 2.23. The third kappa shape index (κ3) is 4.79. The summed E-state index contributed by atoms with van der Waals surface area (Å²) >= 11 is 11.7. The number of hydrogen-bond donors (Lipinski definition) is 3. The van der Waals surface area contributed by atoms with Gasteiger partial charge in [0.05, 0.1) is 22.3 Å². The fourth-order valence-corrected chi connectivity index (χ4v) is 2.88. The first-order chi connectivity index (χ1) is 11.4. The van der Waals surface area contributed by atoms with E-state index in [0.717, 1.165) is 12.8 Å². The first-order valence-electron chi connectivity index (χ1n) is 7.53. The fraction of sp³-hybridized carbons (Fsp3) is 0.375. The van der Waals surface area contributed by atoms with E-state index in [0.29, 0.717) is 18.8 Å². The summed E-state index contributed by atoms with van der Waals surface area (Å²) in [6, 6.07) is 2.67. The largest absolute Gasteiger partial charge is 0.506 e. The molecular formula is C16H19Cl2N3O3. The van der Waals surface area contributed by atoms with E-state index < -0.39 is 0 Å². The quantitative estimate of drug-likeness (QED) is 0.548. The molecule has 1 fully saturated rings. The molecule has 1 atom stereocenters. The molecule has 24 heavy (non-hydrogen) atoms. The Morgan fingerprint density at radius 2 is 2.08 bits per heavy atom. The molecule has 2 amide bonds. The van der Waals surface area contributed by atoms with Gasteiger partial charge in [0.15, 0.2) is 0 Å². The van der Waals surface area contributed by atoms with Crippen LogP contribution in [0.3, 0.4) is 0 Å². The van der Waals surface area contributed by atoms with Gasteiger partial charge in [-0.15, -0.1) is 0 Å². The summed E-state index contributed by atoms with van der Waals surface area (Å²) in [5.41, 5.74) is 0.326. The van der Waals surface area contributed by atoms with Gasteiger partial charge in [-0.25, -0.2) is 0 Å². The number of amides is 2. The Balaban J connectivity index is 1.86. The SMILES string of the molecule is C=CC(=O)N1CCC[C@H](NC(=O)CNc2cc(Cl)c(Cl)cc2O)C1. The lowest BCUT2D eigenvalue weighted by Gasteiger charge is -2.32. The summed E-state index contributed by atoms with van der Waals surface area (Å²) in [6.07, 6.45) is 2.91. The number of anilines is 1. The van der Waals surface area contributed by atoms with Crippen LogP contribution in [0.1, 0.15) is 12.8 Å². The Bertz CT molecular complexity index is 652. The lowest BCUT2D eigenvalue weighted by molar-refractivity contribution is -0.128. The molecule has 1 aromatic carbocycles. The lowest BCUT2D eigenvalue weighted by atomic mass is 10.1. The molecule has 1 heterocycles. The Morgan fingerprint density at radius 3 is 2.79 bits per heavy atom. The van der Waals surface area contributed by atoms with Crippen LogP contribution in [0, 0.1) is 0 Å². The van der Waals surface area contributed by atoms with Crippen LogP contribution in [0.4, 0.5) is 5.69 Å². The van der Waals surface area contributed by atoms with Crippen molar-refractivity contribution in [3.63, 3.8) is 0 Å². The number of likely N-dealkylation sites (tertiary alicyclic amines) is 1. The van der Waals surface area contributed by atoms with Crippen molar-refractivity contribution in [2.75, 3.05) is 25.0 Å². The Labute approximate surface area is 150 Å². The number of benzene rings is 1. The molecule has 1 aromatic rings. The van der Waals surface area contributed by atoms with Gasteiger partial charge in [-0.2, -0.15) is 0 Å². The molecule has 0 bridgehead atoms. The van der Waals surface area contributed by atoms with Crippen LogP contribution >= 0.6 is 23.2 Å². The van der Waals surface area contributed by atoms with Gasteiger partial charge in [-0.1, -0.05) is 29.8 Å². The summed E-state index contributed by atoms with van der Waals surface area (Å²) in [5.74, 6) is -0.455. The molecule has 0 radical (unpaired) electrons. The molecule has 0 aliphatic carbocycles. The van der Waals surface area contributed by atoms with Gasteiger partial charge < -0.3 is 20.6 Å². The Hall–Kier alpha value is -1.92. The predicted octanol–water partition coefficient (Wildman–Crippen LogP) is 2.40. The van der Waals surface area contributed by atoms with Crippen LogP contribution in [0.25, 0.3) is 0 Å². The van der Waals surface area contributed by atoms with Gasteiger partial charge in [0.25, 0.3) is 0 Å². The molecule has 3 N–H and O–H groups in total. The molecule has 2 rings (SSSR count). The molecule has 0 spiro atoms. The second-order valence-corrected chi connectivity index (χ2v) is 6.35. The van der Waals surface area contributed by atoms with Crippen molar-refractivity contribution in [3.8, 4) is 5.75 Å². The van der Waals surface area contributed by atoms with Crippen molar-refractivity contribution in [2.24, 2.45) is 0 Å². The van der Waals surface area contributed by atoms with Gasteiger partial charge in [0.2, 0.25) is 11.8 Å². The lowest BCUT2D eigenvalue weighted by Crippen LogP contribution is -2.50. The van der Waals surface area contributed by atoms with Crippen LogP contribution < -0.4 is 10.6 Å². The fourth-order valence-electron chi connectivity index (χ4n) is 2.56. The zero-order valence-corrected chi connectivity index (χ0v) is 14.5. The van der Waals surface area contributed by atoms with Crippen molar-refractivity contribution in [3.05, 3.63) is 34.8 Å². The molecule has 8 heteroatoms. The maximum absolute atomic E-state index is 12.1. The van der Waals surface area contributed by atoms with E-state index in [-0.39, 0.29) is 40.2 Å². The average molecular weight is 372 g/mol. The van der Waals surface area contributed by atoms with Gasteiger partial charge in [0.1, 0.15) is 5.75 Å². The number of aromatic hydroxyl groups is 1. The first kappa shape index (κ1) is 18.4. The summed E-state index contributed by atoms with van der Waals surface area (Å²) in [5, 5.41) is 16.0. The second kappa shape index (κ2) is 8.26. The number of halogens is 2. The maximum atomic E-state index is 12.1. The number of rotatable bonds is 5. The van der Waals surface area contributed by atoms with Gasteiger partial charge in [-0.3, -0.25) is 9.59 Å². The molecule has 0 aromatic heterocycles. The van der Waals surface area contributed by atoms with E-state index in [2.05, 4.69) is 17.2 Å². The smallest absolute Gasteiger partial charge is 0.246 e. The van der Waals surface area contributed by atoms with Crippen LogP contribution in [0.5, 0.6) is 5.75 Å². The van der Waals surface area contributed by atoms with E-state index in [4.69, 9.17) is 23.2 Å². The first-order valence-corrected chi connectivity index (χ1v) is 8.29. The van der Waals surface area contributed by atoms with E-state index in [1.165, 1.54) is 18.2 Å². The monoisotopic (exact) mass is 371 g/mol. The van der Waals surface area contributed by atoms with Gasteiger partial charge in [0, 0.05) is 25.2 Å². The third-order valence-electron chi connectivity index (χ3n) is 3.75. The predicted molar refractivity (Wildman–Crippen MR) is 94.6 cm³/mol. The van der Waals surface area contributed by atoms with Crippen LogP contribution in [0.15, 0.2) is 24.8 Å². The molecule has 0 unspecified atom stereocenters. The number of nitrogens with zero attached hydrogens (tertiary/aromatic N) is 1. The van der Waals surface area contributed by atoms with E-state index in [1.54, 1.807) is 4.90 Å². The topological polar surface area (TPSA) is 81.7 Å². The minimum Gasteiger partial charge on any atom is -0.506 e. The zero-order chi connectivity index (χ0) is 17.7. The molecule has 1 aliphatic rings. The maximum Gasteiger partial charge on any atom is 0.246 e. The highest BCUT2D eigenvalue weighted by atomic mass is 35.5. The number of nitrogens with one attached hydrogen (secondary N) is 2. The zero-order valence-electron chi connectivity index (χ0n) is 13.0. The average Bonchev–Trinajstić information content (AvgIpc) is 2.56. The highest BCUT2D eigenvalue weighted by Crippen LogP contribution is 2.33. The number of phenolic OH excluding ortho intramolecular Hbond substituents is 1. The Kier molecular flexibility index (Phi) is 6.34. The van der Waals surface area contributed by atoms with Crippen molar-refractivity contribution in [1.29, 1.82) is 0 Å². The van der Waals surface area contributed by atoms with Crippen LogP contribution in [-0.2, 0) is 9.59 Å². The summed E-state index contributed by atoms with van der Waals surface area (Å²) < 4.78 is 0. The number of carbonyl (C=O) groups is 2. The highest BCUT2D eigenvalue weighted by molar-refractivity contribution is 6.42. The normalized spacial score (nSPS) is 17.2. The van der Waals surface area contributed by atoms with E-state index in [9.17, 15) is 14.7 Å².